The summed E-state index contributed by atoms with van der Waals surface area (Å²) in [6.07, 6.45) is 4.02. The maximum Gasteiger partial charge on any atom is 0.191 e. The first-order valence-corrected chi connectivity index (χ1v) is 22.6. The minimum absolute atomic E-state index is 0.273. The summed E-state index contributed by atoms with van der Waals surface area (Å²) >= 11 is 13.1. The van der Waals surface area contributed by atoms with Crippen molar-refractivity contribution in [1.82, 2.24) is 0 Å². The zero-order valence-electron chi connectivity index (χ0n) is 26.7. The molecule has 39 heavy (non-hydrogen) atoms. The quantitative estimate of drug-likeness (QED) is 0.167. The molecule has 2 rings (SSSR count). The number of aliphatic hydroxyl groups excluding tert-OH is 1. The van der Waals surface area contributed by atoms with E-state index in [1.54, 1.807) is 0 Å². The van der Waals surface area contributed by atoms with Gasteiger partial charge in [-0.1, -0.05) is 111 Å². The molecule has 0 spiro atoms. The van der Waals surface area contributed by atoms with Crippen LogP contribution in [0.5, 0.6) is 0 Å². The summed E-state index contributed by atoms with van der Waals surface area (Å²) in [5.74, 6) is 0. The van der Waals surface area contributed by atoms with E-state index in [1.165, 1.54) is 26.7 Å². The predicted octanol–water partition coefficient (Wildman–Crippen LogP) is 11.6. The third-order valence-corrected chi connectivity index (χ3v) is 19.3. The molecule has 1 N–H and O–H groups in total. The summed E-state index contributed by atoms with van der Waals surface area (Å²) in [6, 6.07) is 12.9. The number of benzene rings is 2. The minimum Gasteiger partial charge on any atom is -0.417 e. The smallest absolute Gasteiger partial charge is 0.191 e. The molecular weight excluding hydrogens is 668 g/mol. The van der Waals surface area contributed by atoms with E-state index in [2.05, 4.69) is 150 Å². The number of hydrogen-bond acceptors (Lipinski definition) is 2. The van der Waals surface area contributed by atoms with Crippen molar-refractivity contribution in [1.29, 1.82) is 0 Å². The molecule has 2 aromatic carbocycles. The van der Waals surface area contributed by atoms with Crippen LogP contribution in [0.4, 0.5) is 0 Å². The molecule has 0 aliphatic carbocycles. The number of aliphatic hydroxyl groups is 1. The summed E-state index contributed by atoms with van der Waals surface area (Å²) in [5.41, 5.74) is 5.26. The van der Waals surface area contributed by atoms with E-state index in [0.29, 0.717) is 10.1 Å². The van der Waals surface area contributed by atoms with E-state index >= 15 is 0 Å². The van der Waals surface area contributed by atoms with E-state index in [9.17, 15) is 0 Å². The Morgan fingerprint density at radius 2 is 1.13 bits per heavy atom. The van der Waals surface area contributed by atoms with Crippen LogP contribution < -0.4 is 0 Å². The molecule has 0 aliphatic rings. The molecule has 0 bridgehead atoms. The summed E-state index contributed by atoms with van der Waals surface area (Å²) in [6.45, 7) is 27.8. The van der Waals surface area contributed by atoms with Crippen molar-refractivity contribution in [2.75, 3.05) is 13.2 Å². The lowest BCUT2D eigenvalue weighted by Gasteiger charge is -2.36. The van der Waals surface area contributed by atoms with Crippen molar-refractivity contribution in [3.8, 4) is 0 Å². The molecule has 0 unspecified atom stereocenters. The standard InChI is InChI=1S/C16H27BrOSi.C10H13BrO.C6H15ClSi/c1-13-12-14(9-10-15(13)17)8-7-11-18-19(5,6)16(2,3)4;1-8-7-9(3-2-6-12)4-5-10(8)11;1-6(2,3)8(4,5)7/h9-10,12H,7-8,11H2,1-6H3;4-5,7,12H,2-3,6H2,1H3;1-5H3. The molecule has 0 saturated carbocycles. The first kappa shape index (κ1) is 39.0. The highest BCUT2D eigenvalue weighted by Gasteiger charge is 2.36. The van der Waals surface area contributed by atoms with Crippen molar-refractivity contribution in [3.63, 3.8) is 0 Å². The lowest BCUT2D eigenvalue weighted by atomic mass is 10.1. The molecule has 0 saturated heterocycles. The fourth-order valence-corrected chi connectivity index (χ4v) is 4.41. The Labute approximate surface area is 264 Å². The van der Waals surface area contributed by atoms with E-state index in [0.717, 1.165) is 36.8 Å². The first-order chi connectivity index (χ1) is 17.6. The maximum atomic E-state index is 8.64. The van der Waals surface area contributed by atoms with Crippen LogP contribution in [0, 0.1) is 13.8 Å². The van der Waals surface area contributed by atoms with E-state index in [4.69, 9.17) is 20.6 Å². The monoisotopic (exact) mass is 720 g/mol. The van der Waals surface area contributed by atoms with Crippen molar-refractivity contribution >= 4 is 58.6 Å². The third kappa shape index (κ3) is 15.7. The molecule has 224 valence electrons. The van der Waals surface area contributed by atoms with Gasteiger partial charge in [0.05, 0.1) is 0 Å². The third-order valence-electron chi connectivity index (χ3n) is 7.73. The molecule has 0 aliphatic heterocycles. The molecule has 0 aromatic heterocycles. The first-order valence-electron chi connectivity index (χ1n) is 14.1. The van der Waals surface area contributed by atoms with Gasteiger partial charge in [-0.3, -0.25) is 0 Å². The van der Waals surface area contributed by atoms with Crippen molar-refractivity contribution < 1.29 is 9.53 Å². The van der Waals surface area contributed by atoms with Crippen molar-refractivity contribution in [2.45, 2.75) is 117 Å². The second-order valence-corrected chi connectivity index (χ2v) is 27.2. The van der Waals surface area contributed by atoms with Crippen LogP contribution >= 0.6 is 42.9 Å². The molecule has 0 radical (unpaired) electrons. The van der Waals surface area contributed by atoms with Crippen LogP contribution in [-0.2, 0) is 17.3 Å². The summed E-state index contributed by atoms with van der Waals surface area (Å²) in [7, 11) is -2.96. The van der Waals surface area contributed by atoms with Gasteiger partial charge < -0.3 is 9.53 Å². The largest absolute Gasteiger partial charge is 0.417 e. The highest BCUT2D eigenvalue weighted by molar-refractivity contribution is 9.10. The topological polar surface area (TPSA) is 29.5 Å². The zero-order chi connectivity index (χ0) is 30.7. The van der Waals surface area contributed by atoms with E-state index in [-0.39, 0.29) is 6.61 Å². The van der Waals surface area contributed by atoms with Gasteiger partial charge >= 0.3 is 0 Å². The highest BCUT2D eigenvalue weighted by atomic mass is 79.9. The highest BCUT2D eigenvalue weighted by Crippen LogP contribution is 2.38. The predicted molar refractivity (Wildman–Crippen MR) is 188 cm³/mol. The molecular formula is C32H55Br2ClO2Si2. The molecule has 7 heteroatoms. The number of rotatable bonds is 8. The SMILES string of the molecule is CC(C)(C)[Si](C)(C)Cl.Cc1cc(CCCO)ccc1Br.Cc1cc(CCCO[Si](C)(C)C(C)(C)C)ccc1Br. The fraction of sp³-hybridized carbons (Fsp3) is 0.625. The Morgan fingerprint density at radius 1 is 0.744 bits per heavy atom. The van der Waals surface area contributed by atoms with Gasteiger partial charge in [0.25, 0.3) is 0 Å². The molecule has 2 aromatic rings. The Morgan fingerprint density at radius 3 is 1.44 bits per heavy atom. The van der Waals surface area contributed by atoms with Gasteiger partial charge in [0, 0.05) is 22.2 Å². The Bertz CT molecular complexity index is 979. The Balaban J connectivity index is 0.000000616. The van der Waals surface area contributed by atoms with Gasteiger partial charge in [-0.05, 0) is 97.1 Å². The van der Waals surface area contributed by atoms with Crippen molar-refractivity contribution in [3.05, 3.63) is 67.6 Å². The molecule has 2 nitrogen and oxygen atoms in total. The summed E-state index contributed by atoms with van der Waals surface area (Å²) in [4.78, 5) is 0. The van der Waals surface area contributed by atoms with Crippen LogP contribution in [0.2, 0.25) is 36.3 Å². The number of aryl methyl sites for hydroxylation is 4. The van der Waals surface area contributed by atoms with Gasteiger partial charge in [-0.15, -0.1) is 0 Å². The van der Waals surface area contributed by atoms with Crippen LogP contribution in [0.1, 0.15) is 76.6 Å². The molecule has 0 heterocycles. The molecule has 0 amide bonds. The van der Waals surface area contributed by atoms with E-state index in [1.807, 2.05) is 0 Å². The van der Waals surface area contributed by atoms with Crippen LogP contribution in [0.3, 0.4) is 0 Å². The average molecular weight is 723 g/mol. The zero-order valence-corrected chi connectivity index (χ0v) is 32.6. The fourth-order valence-electron chi connectivity index (χ4n) is 2.83. The van der Waals surface area contributed by atoms with Crippen LogP contribution in [-0.4, -0.2) is 34.0 Å². The number of hydrogen-bond donors (Lipinski definition) is 1. The second kappa shape index (κ2) is 17.2. The minimum atomic E-state index is -1.57. The normalized spacial score (nSPS) is 12.3. The van der Waals surface area contributed by atoms with Gasteiger partial charge in [0.2, 0.25) is 0 Å². The Kier molecular flexibility index (Phi) is 17.2. The second-order valence-electron chi connectivity index (χ2n) is 13.4. The molecule has 0 atom stereocenters. The average Bonchev–Trinajstić information content (AvgIpc) is 2.78. The van der Waals surface area contributed by atoms with Gasteiger partial charge in [-0.25, -0.2) is 0 Å². The van der Waals surface area contributed by atoms with Crippen LogP contribution in [0.15, 0.2) is 45.3 Å². The number of halogens is 3. The summed E-state index contributed by atoms with van der Waals surface area (Å²) < 4.78 is 8.54. The maximum absolute atomic E-state index is 8.64. The molecule has 0 fully saturated rings. The van der Waals surface area contributed by atoms with Gasteiger partial charge in [0.1, 0.15) is 0 Å². The van der Waals surface area contributed by atoms with Crippen LogP contribution in [0.25, 0.3) is 0 Å². The van der Waals surface area contributed by atoms with Crippen molar-refractivity contribution in [2.24, 2.45) is 0 Å². The van der Waals surface area contributed by atoms with Gasteiger partial charge in [0.15, 0.2) is 15.7 Å². The van der Waals surface area contributed by atoms with Gasteiger partial charge in [-0.2, -0.15) is 11.1 Å². The summed E-state index contributed by atoms with van der Waals surface area (Å²) in [5, 5.41) is 9.29. The lowest BCUT2D eigenvalue weighted by Crippen LogP contribution is -2.41. The van der Waals surface area contributed by atoms with E-state index < -0.39 is 15.7 Å². The lowest BCUT2D eigenvalue weighted by molar-refractivity contribution is 0.282. The Hall–Kier alpha value is 0.0438.